The maximum Gasteiger partial charge on any atom is 0.238 e. The molecule has 4 nitrogen and oxygen atoms in total. The third-order valence-electron chi connectivity index (χ3n) is 3.58. The molecular formula is C18H17ClN2O2S2. The Hall–Kier alpha value is -1.63. The van der Waals surface area contributed by atoms with E-state index in [0.29, 0.717) is 11.6 Å². The molecule has 130 valence electrons. The van der Waals surface area contributed by atoms with Crippen molar-refractivity contribution in [2.45, 2.75) is 21.5 Å². The molecule has 2 aromatic carbocycles. The summed E-state index contributed by atoms with van der Waals surface area (Å²) in [6.07, 6.45) is 0.177. The Labute approximate surface area is 160 Å². The molecule has 0 saturated carbocycles. The normalized spacial score (nSPS) is 16.0. The summed E-state index contributed by atoms with van der Waals surface area (Å²) < 4.78 is 0. The standard InChI is InChI=1S/C18H17ClN2O2S2/c19-12-5-7-13(8-6-12)24-10-9-20-17(22)11-16-18(23)21-14-3-1-2-4-15(14)25-16/h1-8,16H,9-11H2,(H,20,22)(H,21,23)/t16-/m0/s1. The summed E-state index contributed by atoms with van der Waals surface area (Å²) in [6, 6.07) is 15.2. The van der Waals surface area contributed by atoms with E-state index in [2.05, 4.69) is 10.6 Å². The molecule has 0 aliphatic carbocycles. The van der Waals surface area contributed by atoms with E-state index in [1.165, 1.54) is 11.8 Å². The zero-order valence-corrected chi connectivity index (χ0v) is 15.7. The van der Waals surface area contributed by atoms with E-state index in [9.17, 15) is 9.59 Å². The highest BCUT2D eigenvalue weighted by atomic mass is 35.5. The number of halogens is 1. The van der Waals surface area contributed by atoms with Crippen LogP contribution in [0.1, 0.15) is 6.42 Å². The van der Waals surface area contributed by atoms with Gasteiger partial charge in [0.05, 0.1) is 10.9 Å². The number of carbonyl (C=O) groups is 2. The van der Waals surface area contributed by atoms with Crippen molar-refractivity contribution < 1.29 is 9.59 Å². The Morgan fingerprint density at radius 2 is 1.96 bits per heavy atom. The average Bonchev–Trinajstić information content (AvgIpc) is 2.61. The molecule has 1 atom stereocenters. The third kappa shape index (κ3) is 5.17. The van der Waals surface area contributed by atoms with Crippen molar-refractivity contribution in [3.8, 4) is 0 Å². The van der Waals surface area contributed by atoms with Crippen LogP contribution in [-0.4, -0.2) is 29.4 Å². The van der Waals surface area contributed by atoms with E-state index in [1.807, 2.05) is 48.5 Å². The SMILES string of the molecule is O=C(C[C@@H]1Sc2ccccc2NC1=O)NCCSc1ccc(Cl)cc1. The Morgan fingerprint density at radius 1 is 1.20 bits per heavy atom. The van der Waals surface area contributed by atoms with Crippen LogP contribution >= 0.6 is 35.1 Å². The van der Waals surface area contributed by atoms with Crippen molar-refractivity contribution in [2.24, 2.45) is 0 Å². The lowest BCUT2D eigenvalue weighted by molar-refractivity contribution is -0.123. The molecule has 7 heteroatoms. The van der Waals surface area contributed by atoms with Gasteiger partial charge in [-0.1, -0.05) is 23.7 Å². The molecular weight excluding hydrogens is 376 g/mol. The number of thioether (sulfide) groups is 2. The van der Waals surface area contributed by atoms with Gasteiger partial charge in [0.1, 0.15) is 0 Å². The highest BCUT2D eigenvalue weighted by Gasteiger charge is 2.28. The van der Waals surface area contributed by atoms with Crippen LogP contribution in [0.25, 0.3) is 0 Å². The second kappa shape index (κ2) is 8.65. The van der Waals surface area contributed by atoms with Gasteiger partial charge in [0, 0.05) is 33.5 Å². The number of anilines is 1. The molecule has 0 fully saturated rings. The summed E-state index contributed by atoms with van der Waals surface area (Å²) in [5.74, 6) is 0.540. The fraction of sp³-hybridized carbons (Fsp3) is 0.222. The highest BCUT2D eigenvalue weighted by Crippen LogP contribution is 2.36. The van der Waals surface area contributed by atoms with Crippen LogP contribution in [0.5, 0.6) is 0 Å². The molecule has 0 spiro atoms. The average molecular weight is 393 g/mol. The van der Waals surface area contributed by atoms with Crippen LogP contribution in [0.2, 0.25) is 5.02 Å². The molecule has 25 heavy (non-hydrogen) atoms. The number of para-hydroxylation sites is 1. The van der Waals surface area contributed by atoms with Gasteiger partial charge in [0.25, 0.3) is 0 Å². The Kier molecular flexibility index (Phi) is 6.29. The zero-order chi connectivity index (χ0) is 17.6. The molecule has 2 N–H and O–H groups in total. The Morgan fingerprint density at radius 3 is 2.76 bits per heavy atom. The van der Waals surface area contributed by atoms with Gasteiger partial charge in [-0.2, -0.15) is 0 Å². The quantitative estimate of drug-likeness (QED) is 0.575. The molecule has 3 rings (SSSR count). The van der Waals surface area contributed by atoms with Crippen LogP contribution in [0.3, 0.4) is 0 Å². The van der Waals surface area contributed by atoms with Gasteiger partial charge in [-0.05, 0) is 36.4 Å². The minimum atomic E-state index is -0.390. The van der Waals surface area contributed by atoms with Crippen LogP contribution in [0.4, 0.5) is 5.69 Å². The van der Waals surface area contributed by atoms with Crippen molar-refractivity contribution >= 4 is 52.6 Å². The summed E-state index contributed by atoms with van der Waals surface area (Å²) in [5, 5.41) is 6.05. The lowest BCUT2D eigenvalue weighted by atomic mass is 10.2. The molecule has 2 amide bonds. The van der Waals surface area contributed by atoms with Crippen molar-refractivity contribution in [1.29, 1.82) is 0 Å². The first-order valence-electron chi connectivity index (χ1n) is 7.83. The first-order chi connectivity index (χ1) is 12.1. The third-order valence-corrected chi connectivity index (χ3v) is 6.12. The smallest absolute Gasteiger partial charge is 0.238 e. The fourth-order valence-electron chi connectivity index (χ4n) is 2.36. The molecule has 0 unspecified atom stereocenters. The zero-order valence-electron chi connectivity index (χ0n) is 13.3. The van der Waals surface area contributed by atoms with Gasteiger partial charge in [-0.15, -0.1) is 23.5 Å². The second-order valence-corrected chi connectivity index (χ2v) is 8.30. The summed E-state index contributed by atoms with van der Waals surface area (Å²) in [5.41, 5.74) is 0.813. The van der Waals surface area contributed by atoms with E-state index < -0.39 is 0 Å². The highest BCUT2D eigenvalue weighted by molar-refractivity contribution is 8.01. The summed E-state index contributed by atoms with van der Waals surface area (Å²) in [6.45, 7) is 0.557. The number of fused-ring (bicyclic) bond motifs is 1. The number of benzene rings is 2. The number of nitrogens with one attached hydrogen (secondary N) is 2. The van der Waals surface area contributed by atoms with E-state index in [4.69, 9.17) is 11.6 Å². The summed E-state index contributed by atoms with van der Waals surface area (Å²) in [4.78, 5) is 26.3. The molecule has 0 bridgehead atoms. The minimum absolute atomic E-state index is 0.108. The lowest BCUT2D eigenvalue weighted by Crippen LogP contribution is -2.35. The topological polar surface area (TPSA) is 58.2 Å². The Bertz CT molecular complexity index is 768. The van der Waals surface area contributed by atoms with E-state index in [1.54, 1.807) is 11.8 Å². The maximum atomic E-state index is 12.1. The number of hydrogen-bond acceptors (Lipinski definition) is 4. The number of carbonyl (C=O) groups excluding carboxylic acids is 2. The van der Waals surface area contributed by atoms with Gasteiger partial charge in [0.2, 0.25) is 11.8 Å². The van der Waals surface area contributed by atoms with E-state index in [0.717, 1.165) is 21.2 Å². The first-order valence-corrected chi connectivity index (χ1v) is 10.1. The molecule has 1 heterocycles. The predicted molar refractivity (Wildman–Crippen MR) is 105 cm³/mol. The molecule has 1 aliphatic rings. The summed E-state index contributed by atoms with van der Waals surface area (Å²) >= 11 is 8.94. The molecule has 0 saturated heterocycles. The van der Waals surface area contributed by atoms with E-state index in [-0.39, 0.29) is 23.5 Å². The maximum absolute atomic E-state index is 12.1. The first kappa shape index (κ1) is 18.2. The van der Waals surface area contributed by atoms with Crippen molar-refractivity contribution in [2.75, 3.05) is 17.6 Å². The lowest BCUT2D eigenvalue weighted by Gasteiger charge is -2.23. The van der Waals surface area contributed by atoms with Crippen LogP contribution < -0.4 is 10.6 Å². The monoisotopic (exact) mass is 392 g/mol. The van der Waals surface area contributed by atoms with Gasteiger partial charge in [-0.3, -0.25) is 9.59 Å². The van der Waals surface area contributed by atoms with Crippen molar-refractivity contribution in [1.82, 2.24) is 5.32 Å². The largest absolute Gasteiger partial charge is 0.355 e. The fourth-order valence-corrected chi connectivity index (χ4v) is 4.36. The van der Waals surface area contributed by atoms with Gasteiger partial charge >= 0.3 is 0 Å². The van der Waals surface area contributed by atoms with E-state index >= 15 is 0 Å². The van der Waals surface area contributed by atoms with Crippen LogP contribution in [0, 0.1) is 0 Å². The molecule has 0 radical (unpaired) electrons. The van der Waals surface area contributed by atoms with Crippen LogP contribution in [-0.2, 0) is 9.59 Å². The van der Waals surface area contributed by atoms with Gasteiger partial charge in [-0.25, -0.2) is 0 Å². The van der Waals surface area contributed by atoms with Gasteiger partial charge in [0.15, 0.2) is 0 Å². The van der Waals surface area contributed by atoms with Gasteiger partial charge < -0.3 is 10.6 Å². The second-order valence-electron chi connectivity index (χ2n) is 5.45. The molecule has 1 aliphatic heterocycles. The van der Waals surface area contributed by atoms with Crippen molar-refractivity contribution in [3.05, 3.63) is 53.6 Å². The summed E-state index contributed by atoms with van der Waals surface area (Å²) in [7, 11) is 0. The number of amides is 2. The predicted octanol–water partition coefficient (Wildman–Crippen LogP) is 4.05. The molecule has 2 aromatic rings. The molecule has 0 aromatic heterocycles. The van der Waals surface area contributed by atoms with Crippen LogP contribution in [0.15, 0.2) is 58.3 Å². The minimum Gasteiger partial charge on any atom is -0.355 e. The Balaban J connectivity index is 1.42. The van der Waals surface area contributed by atoms with Crippen molar-refractivity contribution in [3.63, 3.8) is 0 Å². The number of rotatable bonds is 6. The number of hydrogen-bond donors (Lipinski definition) is 2.